The van der Waals surface area contributed by atoms with E-state index in [1.165, 1.54) is 37.0 Å². The molecule has 0 amide bonds. The number of rotatable bonds is 12. The Balaban J connectivity index is 2.80. The van der Waals surface area contributed by atoms with Gasteiger partial charge < -0.3 is 0 Å². The molecule has 0 fully saturated rings. The molecule has 0 unspecified atom stereocenters. The Kier molecular flexibility index (Phi) is 11.6. The van der Waals surface area contributed by atoms with Crippen LogP contribution in [-0.4, -0.2) is 24.6 Å². The molecule has 1 aromatic rings. The van der Waals surface area contributed by atoms with Gasteiger partial charge in [-0.1, -0.05) is 79.7 Å². The smallest absolute Gasteiger partial charge is 0.00728 e. The van der Waals surface area contributed by atoms with Gasteiger partial charge in [-0.15, -0.1) is 15.8 Å². The van der Waals surface area contributed by atoms with Gasteiger partial charge in [-0.3, -0.25) is 0 Å². The molecule has 26 heavy (non-hydrogen) atoms. The van der Waals surface area contributed by atoms with Crippen LogP contribution in [0, 0.1) is 23.7 Å². The van der Waals surface area contributed by atoms with Crippen molar-refractivity contribution in [2.24, 2.45) is 23.7 Å². The maximum Gasteiger partial charge on any atom is -0.00728 e. The number of hydrogen-bond acceptors (Lipinski definition) is 0. The molecule has 0 N–H and O–H groups in total. The minimum absolute atomic E-state index is 0.129. The van der Waals surface area contributed by atoms with E-state index in [0.29, 0.717) is 0 Å². The molecule has 0 aromatic heterocycles. The van der Waals surface area contributed by atoms with Crippen molar-refractivity contribution in [1.29, 1.82) is 0 Å². The summed E-state index contributed by atoms with van der Waals surface area (Å²) in [7, 11) is 0.258. The molecule has 0 spiro atoms. The normalized spacial score (nSPS) is 12.5. The molecule has 0 aliphatic heterocycles. The fourth-order valence-electron chi connectivity index (χ4n) is 3.82. The van der Waals surface area contributed by atoms with Gasteiger partial charge in [-0.05, 0) is 71.8 Å². The van der Waals surface area contributed by atoms with Crippen LogP contribution in [0.1, 0.15) is 66.5 Å². The molecule has 0 bridgehead atoms. The van der Waals surface area contributed by atoms with Crippen molar-refractivity contribution in [3.8, 4) is 0 Å². The molecule has 0 nitrogen and oxygen atoms in total. The highest BCUT2D eigenvalue weighted by Gasteiger charge is 2.15. The van der Waals surface area contributed by atoms with Crippen molar-refractivity contribution >= 4 is 15.8 Å². The first-order valence-corrected chi connectivity index (χ1v) is 14.5. The zero-order valence-corrected chi connectivity index (χ0v) is 20.5. The molecular formula is C24H44P2. The van der Waals surface area contributed by atoms with Crippen LogP contribution in [0.25, 0.3) is 0 Å². The predicted octanol–water partition coefficient (Wildman–Crippen LogP) is 8.27. The van der Waals surface area contributed by atoms with Gasteiger partial charge in [-0.25, -0.2) is 0 Å². The number of hydrogen-bond donors (Lipinski definition) is 0. The lowest BCUT2D eigenvalue weighted by Gasteiger charge is -2.24. The second-order valence-electron chi connectivity index (χ2n) is 9.78. The van der Waals surface area contributed by atoms with Gasteiger partial charge in [0, 0.05) is 0 Å². The Morgan fingerprint density at radius 2 is 0.885 bits per heavy atom. The highest BCUT2D eigenvalue weighted by atomic mass is 31.1. The van der Waals surface area contributed by atoms with Gasteiger partial charge in [-0.2, -0.15) is 0 Å². The van der Waals surface area contributed by atoms with E-state index in [0.717, 1.165) is 23.7 Å². The quantitative estimate of drug-likeness (QED) is 0.313. The Morgan fingerprint density at radius 1 is 0.577 bits per heavy atom. The van der Waals surface area contributed by atoms with E-state index in [-0.39, 0.29) is 15.8 Å². The summed E-state index contributed by atoms with van der Waals surface area (Å²) in [5.74, 6) is 3.31. The van der Waals surface area contributed by atoms with E-state index < -0.39 is 0 Å². The minimum Gasteiger partial charge on any atom is -0.102 e. The molecule has 0 radical (unpaired) electrons. The van der Waals surface area contributed by atoms with E-state index in [4.69, 9.17) is 0 Å². The summed E-state index contributed by atoms with van der Waals surface area (Å²) < 4.78 is 0. The number of benzene rings is 1. The van der Waals surface area contributed by atoms with Crippen molar-refractivity contribution in [3.63, 3.8) is 0 Å². The summed E-state index contributed by atoms with van der Waals surface area (Å²) in [5, 5.41) is 0. The van der Waals surface area contributed by atoms with Crippen molar-refractivity contribution in [3.05, 3.63) is 35.4 Å². The Morgan fingerprint density at radius 3 is 1.15 bits per heavy atom. The first kappa shape index (κ1) is 24.1. The average molecular weight is 395 g/mol. The van der Waals surface area contributed by atoms with Gasteiger partial charge in [0.2, 0.25) is 0 Å². The van der Waals surface area contributed by atoms with Crippen molar-refractivity contribution < 1.29 is 0 Å². The van der Waals surface area contributed by atoms with Crippen LogP contribution in [-0.2, 0) is 12.3 Å². The highest BCUT2D eigenvalue weighted by molar-refractivity contribution is 7.57. The standard InChI is InChI=1S/C24H44P2/c1-19(2)13-25(14-20(3)4)17-23-10-9-11-24(12-23)18-26(15-21(5)6)16-22(7)8/h9-12,19-22H,13-18H2,1-8H3. The summed E-state index contributed by atoms with van der Waals surface area (Å²) in [6.07, 6.45) is 8.34. The second kappa shape index (κ2) is 12.5. The molecule has 0 saturated carbocycles. The third kappa shape index (κ3) is 11.0. The largest absolute Gasteiger partial charge is 0.102 e. The van der Waals surface area contributed by atoms with Crippen LogP contribution in [0.4, 0.5) is 0 Å². The van der Waals surface area contributed by atoms with E-state index >= 15 is 0 Å². The maximum atomic E-state index is 2.55. The maximum absolute atomic E-state index is 2.55. The molecular weight excluding hydrogens is 350 g/mol. The fraction of sp³-hybridized carbons (Fsp3) is 0.750. The molecule has 2 heteroatoms. The van der Waals surface area contributed by atoms with Crippen LogP contribution >= 0.6 is 15.8 Å². The molecule has 0 saturated heterocycles. The van der Waals surface area contributed by atoms with E-state index in [2.05, 4.69) is 79.7 Å². The zero-order chi connectivity index (χ0) is 19.7. The SMILES string of the molecule is CC(C)CP(Cc1cccc(CP(CC(C)C)CC(C)C)c1)CC(C)C. The lowest BCUT2D eigenvalue weighted by Crippen LogP contribution is -2.05. The monoisotopic (exact) mass is 394 g/mol. The molecule has 0 heterocycles. The molecule has 1 rings (SSSR count). The molecule has 150 valence electrons. The Labute approximate surface area is 167 Å². The summed E-state index contributed by atoms with van der Waals surface area (Å²) in [6, 6.07) is 9.63. The summed E-state index contributed by atoms with van der Waals surface area (Å²) in [6.45, 7) is 19.1. The molecule has 0 atom stereocenters. The second-order valence-corrected chi connectivity index (χ2v) is 14.6. The first-order chi connectivity index (χ1) is 12.2. The Bertz CT molecular complexity index is 429. The third-order valence-corrected chi connectivity index (χ3v) is 10.9. The van der Waals surface area contributed by atoms with Crippen molar-refractivity contribution in [2.75, 3.05) is 24.6 Å². The third-order valence-electron chi connectivity index (χ3n) is 4.30. The zero-order valence-electron chi connectivity index (χ0n) is 18.8. The summed E-state index contributed by atoms with van der Waals surface area (Å²) in [4.78, 5) is 0. The molecule has 0 aliphatic rings. The molecule has 0 aliphatic carbocycles. The Hall–Kier alpha value is 0.0800. The van der Waals surface area contributed by atoms with Gasteiger partial charge in [0.05, 0.1) is 0 Å². The van der Waals surface area contributed by atoms with E-state index in [1.807, 2.05) is 0 Å². The first-order valence-electron chi connectivity index (χ1n) is 10.7. The van der Waals surface area contributed by atoms with Crippen LogP contribution in [0.2, 0.25) is 0 Å². The lowest BCUT2D eigenvalue weighted by atomic mass is 10.2. The van der Waals surface area contributed by atoms with Gasteiger partial charge >= 0.3 is 0 Å². The van der Waals surface area contributed by atoms with Crippen LogP contribution < -0.4 is 0 Å². The topological polar surface area (TPSA) is 0 Å². The van der Waals surface area contributed by atoms with Crippen molar-refractivity contribution in [2.45, 2.75) is 67.7 Å². The highest BCUT2D eigenvalue weighted by Crippen LogP contribution is 2.45. The van der Waals surface area contributed by atoms with Crippen LogP contribution in [0.5, 0.6) is 0 Å². The predicted molar refractivity (Wildman–Crippen MR) is 127 cm³/mol. The van der Waals surface area contributed by atoms with Gasteiger partial charge in [0.1, 0.15) is 0 Å². The molecule has 1 aromatic carbocycles. The van der Waals surface area contributed by atoms with Crippen molar-refractivity contribution in [1.82, 2.24) is 0 Å². The van der Waals surface area contributed by atoms with Gasteiger partial charge in [0.25, 0.3) is 0 Å². The summed E-state index contributed by atoms with van der Waals surface area (Å²) >= 11 is 0. The summed E-state index contributed by atoms with van der Waals surface area (Å²) in [5.41, 5.74) is 3.19. The lowest BCUT2D eigenvalue weighted by molar-refractivity contribution is 0.717. The average Bonchev–Trinajstić information content (AvgIpc) is 2.44. The minimum atomic E-state index is 0.129. The van der Waals surface area contributed by atoms with Gasteiger partial charge in [0.15, 0.2) is 0 Å². The van der Waals surface area contributed by atoms with Crippen LogP contribution in [0.3, 0.4) is 0 Å². The fourth-order valence-corrected chi connectivity index (χ4v) is 10.2. The van der Waals surface area contributed by atoms with Crippen LogP contribution in [0.15, 0.2) is 24.3 Å². The van der Waals surface area contributed by atoms with E-state index in [1.54, 1.807) is 11.1 Å². The van der Waals surface area contributed by atoms with E-state index in [9.17, 15) is 0 Å².